The average Bonchev–Trinajstić information content (AvgIpc) is 3.31. The lowest BCUT2D eigenvalue weighted by molar-refractivity contribution is -0.122. The Balaban J connectivity index is 1.66. The Morgan fingerprint density at radius 2 is 1.82 bits per heavy atom. The maximum Gasteiger partial charge on any atom is 0.242 e. The van der Waals surface area contributed by atoms with Gasteiger partial charge in [0.05, 0.1) is 11.4 Å². The van der Waals surface area contributed by atoms with Gasteiger partial charge in [0.2, 0.25) is 5.91 Å². The molecule has 0 bridgehead atoms. The smallest absolute Gasteiger partial charge is 0.242 e. The number of benzene rings is 1. The van der Waals surface area contributed by atoms with Crippen molar-refractivity contribution < 1.29 is 4.79 Å². The minimum absolute atomic E-state index is 0.0733. The third-order valence-electron chi connectivity index (χ3n) is 4.83. The molecule has 1 amide bonds. The van der Waals surface area contributed by atoms with E-state index in [9.17, 15) is 4.79 Å². The summed E-state index contributed by atoms with van der Waals surface area (Å²) in [6.45, 7) is 6.10. The van der Waals surface area contributed by atoms with E-state index >= 15 is 0 Å². The van der Waals surface area contributed by atoms with Gasteiger partial charge in [-0.25, -0.2) is 9.67 Å². The van der Waals surface area contributed by atoms with E-state index in [1.807, 2.05) is 86.3 Å². The van der Waals surface area contributed by atoms with Crippen molar-refractivity contribution in [2.24, 2.45) is 0 Å². The van der Waals surface area contributed by atoms with Crippen LogP contribution in [0.4, 0.5) is 0 Å². The van der Waals surface area contributed by atoms with E-state index in [0.717, 1.165) is 33.7 Å². The van der Waals surface area contributed by atoms with Crippen molar-refractivity contribution in [2.45, 2.75) is 33.4 Å². The second-order valence-corrected chi connectivity index (χ2v) is 7.05. The Hall–Kier alpha value is -3.41. The molecule has 4 aromatic rings. The van der Waals surface area contributed by atoms with Crippen molar-refractivity contribution in [3.63, 3.8) is 0 Å². The van der Waals surface area contributed by atoms with Crippen LogP contribution in [0.5, 0.6) is 0 Å². The summed E-state index contributed by atoms with van der Waals surface area (Å²) < 4.78 is 3.64. The first-order valence-electron chi connectivity index (χ1n) is 9.35. The molecule has 6 heteroatoms. The van der Waals surface area contributed by atoms with Gasteiger partial charge < -0.3 is 9.88 Å². The summed E-state index contributed by atoms with van der Waals surface area (Å²) in [4.78, 5) is 17.4. The van der Waals surface area contributed by atoms with Crippen LogP contribution in [0.15, 0.2) is 60.9 Å². The number of aromatic nitrogens is 4. The van der Waals surface area contributed by atoms with Crippen LogP contribution in [0, 0.1) is 13.8 Å². The van der Waals surface area contributed by atoms with Gasteiger partial charge in [-0.2, -0.15) is 5.10 Å². The normalized spacial score (nSPS) is 12.2. The number of hydrogen-bond acceptors (Lipinski definition) is 3. The second-order valence-electron chi connectivity index (χ2n) is 7.05. The van der Waals surface area contributed by atoms with Crippen LogP contribution in [0.3, 0.4) is 0 Å². The third kappa shape index (κ3) is 3.41. The molecule has 0 fully saturated rings. The van der Waals surface area contributed by atoms with E-state index in [1.165, 1.54) is 0 Å². The van der Waals surface area contributed by atoms with Crippen LogP contribution in [-0.4, -0.2) is 25.2 Å². The van der Waals surface area contributed by atoms with E-state index in [0.29, 0.717) is 0 Å². The van der Waals surface area contributed by atoms with Gasteiger partial charge in [-0.1, -0.05) is 30.3 Å². The topological polar surface area (TPSA) is 64.7 Å². The molecule has 3 aromatic heterocycles. The van der Waals surface area contributed by atoms with Crippen molar-refractivity contribution in [3.8, 4) is 5.82 Å². The first-order chi connectivity index (χ1) is 13.5. The van der Waals surface area contributed by atoms with Crippen molar-refractivity contribution in [3.05, 3.63) is 77.7 Å². The molecule has 1 atom stereocenters. The molecule has 3 heterocycles. The number of pyridine rings is 1. The molecule has 1 aromatic carbocycles. The number of carbonyl (C=O) groups excluding carboxylic acids is 1. The van der Waals surface area contributed by atoms with Gasteiger partial charge in [0.15, 0.2) is 11.5 Å². The Kier molecular flexibility index (Phi) is 4.69. The largest absolute Gasteiger partial charge is 0.348 e. The predicted molar refractivity (Wildman–Crippen MR) is 109 cm³/mol. The SMILES string of the molecule is Cc1cc(C)c2c(-n3cccc3)nn(CC(=O)N[C@H](C)c3ccccc3)c2n1. The zero-order valence-electron chi connectivity index (χ0n) is 16.3. The Labute approximate surface area is 163 Å². The van der Waals surface area contributed by atoms with Crippen LogP contribution >= 0.6 is 0 Å². The Bertz CT molecular complexity index is 1110. The summed E-state index contributed by atoms with van der Waals surface area (Å²) >= 11 is 0. The molecule has 0 aliphatic rings. The summed E-state index contributed by atoms with van der Waals surface area (Å²) in [7, 11) is 0. The molecule has 0 unspecified atom stereocenters. The number of fused-ring (bicyclic) bond motifs is 1. The number of amides is 1. The highest BCUT2D eigenvalue weighted by Crippen LogP contribution is 2.25. The summed E-state index contributed by atoms with van der Waals surface area (Å²) in [5, 5.41) is 8.72. The summed E-state index contributed by atoms with van der Waals surface area (Å²) in [5.74, 6) is 0.690. The standard InChI is InChI=1S/C22H23N5O/c1-15-13-16(2)23-21-20(15)22(26-11-7-8-12-26)25-27(21)14-19(28)24-17(3)18-9-5-4-6-10-18/h4-13,17H,14H2,1-3H3,(H,24,28)/t17-/m1/s1. The quantitative estimate of drug-likeness (QED) is 0.580. The van der Waals surface area contributed by atoms with Crippen molar-refractivity contribution in [1.82, 2.24) is 24.6 Å². The summed E-state index contributed by atoms with van der Waals surface area (Å²) in [6.07, 6.45) is 3.89. The first kappa shape index (κ1) is 18.0. The highest BCUT2D eigenvalue weighted by atomic mass is 16.2. The highest BCUT2D eigenvalue weighted by Gasteiger charge is 2.18. The van der Waals surface area contributed by atoms with Gasteiger partial charge >= 0.3 is 0 Å². The van der Waals surface area contributed by atoms with E-state index in [2.05, 4.69) is 10.3 Å². The van der Waals surface area contributed by atoms with E-state index in [4.69, 9.17) is 5.10 Å². The molecule has 0 aliphatic carbocycles. The molecule has 142 valence electrons. The lowest BCUT2D eigenvalue weighted by Gasteiger charge is -2.14. The zero-order chi connectivity index (χ0) is 19.7. The molecular weight excluding hydrogens is 350 g/mol. The maximum atomic E-state index is 12.7. The van der Waals surface area contributed by atoms with E-state index in [-0.39, 0.29) is 18.5 Å². The second kappa shape index (κ2) is 7.31. The predicted octanol–water partition coefficient (Wildman–Crippen LogP) is 3.72. The molecule has 0 saturated carbocycles. The zero-order valence-corrected chi connectivity index (χ0v) is 16.3. The maximum absolute atomic E-state index is 12.7. The molecule has 28 heavy (non-hydrogen) atoms. The number of nitrogens with zero attached hydrogens (tertiary/aromatic N) is 4. The number of hydrogen-bond donors (Lipinski definition) is 1. The molecule has 0 radical (unpaired) electrons. The molecule has 0 spiro atoms. The minimum Gasteiger partial charge on any atom is -0.348 e. The number of aryl methyl sites for hydroxylation is 2. The Morgan fingerprint density at radius 1 is 1.11 bits per heavy atom. The number of nitrogens with one attached hydrogen (secondary N) is 1. The fourth-order valence-electron chi connectivity index (χ4n) is 3.51. The first-order valence-corrected chi connectivity index (χ1v) is 9.35. The number of carbonyl (C=O) groups is 1. The highest BCUT2D eigenvalue weighted by molar-refractivity contribution is 5.88. The Morgan fingerprint density at radius 3 is 2.54 bits per heavy atom. The third-order valence-corrected chi connectivity index (χ3v) is 4.83. The molecule has 4 rings (SSSR count). The lowest BCUT2D eigenvalue weighted by Crippen LogP contribution is -2.30. The van der Waals surface area contributed by atoms with E-state index < -0.39 is 0 Å². The fraction of sp³-hybridized carbons (Fsp3) is 0.227. The monoisotopic (exact) mass is 373 g/mol. The van der Waals surface area contributed by atoms with Crippen molar-refractivity contribution in [2.75, 3.05) is 0 Å². The van der Waals surface area contributed by atoms with Crippen LogP contribution in [0.1, 0.15) is 29.8 Å². The van der Waals surface area contributed by atoms with Crippen molar-refractivity contribution in [1.29, 1.82) is 0 Å². The summed E-state index contributed by atoms with van der Waals surface area (Å²) in [6, 6.07) is 15.8. The van der Waals surface area contributed by atoms with Crippen LogP contribution in [0.25, 0.3) is 16.9 Å². The van der Waals surface area contributed by atoms with Crippen LogP contribution < -0.4 is 5.32 Å². The van der Waals surface area contributed by atoms with Gasteiger partial charge in [0.25, 0.3) is 0 Å². The van der Waals surface area contributed by atoms with Crippen LogP contribution in [-0.2, 0) is 11.3 Å². The molecular formula is C22H23N5O. The van der Waals surface area contributed by atoms with E-state index in [1.54, 1.807) is 4.68 Å². The van der Waals surface area contributed by atoms with Gasteiger partial charge in [-0.15, -0.1) is 0 Å². The van der Waals surface area contributed by atoms with Gasteiger partial charge in [0, 0.05) is 18.1 Å². The minimum atomic E-state index is -0.0965. The summed E-state index contributed by atoms with van der Waals surface area (Å²) in [5.41, 5.74) is 3.79. The van der Waals surface area contributed by atoms with Gasteiger partial charge in [-0.05, 0) is 50.1 Å². The molecule has 6 nitrogen and oxygen atoms in total. The van der Waals surface area contributed by atoms with Gasteiger partial charge in [0.1, 0.15) is 6.54 Å². The molecule has 1 N–H and O–H groups in total. The molecule has 0 saturated heterocycles. The molecule has 0 aliphatic heterocycles. The van der Waals surface area contributed by atoms with Crippen molar-refractivity contribution >= 4 is 16.9 Å². The van der Waals surface area contributed by atoms with Crippen LogP contribution in [0.2, 0.25) is 0 Å². The average molecular weight is 373 g/mol. The fourth-order valence-corrected chi connectivity index (χ4v) is 3.51. The number of rotatable bonds is 5. The van der Waals surface area contributed by atoms with Gasteiger partial charge in [-0.3, -0.25) is 4.79 Å². The lowest BCUT2D eigenvalue weighted by atomic mass is 10.1.